The molecule has 1 spiro atoms. The quantitative estimate of drug-likeness (QED) is 0.749. The van der Waals surface area contributed by atoms with Gasteiger partial charge in [0.15, 0.2) is 0 Å². The number of halogens is 3. The van der Waals surface area contributed by atoms with Crippen LogP contribution in [0.5, 0.6) is 0 Å². The molecule has 3 aliphatic rings. The monoisotopic (exact) mass is 425 g/mol. The lowest BCUT2D eigenvalue weighted by molar-refractivity contribution is -0.137. The zero-order chi connectivity index (χ0) is 21.5. The van der Waals surface area contributed by atoms with Crippen LogP contribution in [0.15, 0.2) is 24.3 Å². The number of piperazine rings is 1. The predicted molar refractivity (Wildman–Crippen MR) is 105 cm³/mol. The molecule has 0 unspecified atom stereocenters. The van der Waals surface area contributed by atoms with E-state index in [0.29, 0.717) is 44.7 Å². The Balaban J connectivity index is 1.35. The first-order valence-corrected chi connectivity index (χ1v) is 10.2. The number of urea groups is 1. The summed E-state index contributed by atoms with van der Waals surface area (Å²) in [5.74, 6) is -0.166. The first kappa shape index (κ1) is 20.9. The van der Waals surface area contributed by atoms with Gasteiger partial charge >= 0.3 is 12.2 Å². The zero-order valence-corrected chi connectivity index (χ0v) is 16.9. The summed E-state index contributed by atoms with van der Waals surface area (Å²) in [5.41, 5.74) is -0.918. The van der Waals surface area contributed by atoms with Gasteiger partial charge in [0.05, 0.1) is 12.2 Å². The molecule has 30 heavy (non-hydrogen) atoms. The molecule has 3 aliphatic heterocycles. The van der Waals surface area contributed by atoms with Crippen LogP contribution in [0.4, 0.5) is 23.7 Å². The number of carbonyl (C=O) groups excluding carboxylic acids is 2. The number of carbonyl (C=O) groups is 2. The standard InChI is InChI=1S/C20H26F3N5O2/c1-25-7-5-19(6-8-25)17(29)28(18(30)24-19)14-26-9-11-27(12-10-26)16-4-2-3-15(13-16)20(21,22)23/h2-4,13H,5-12,14H2,1H3,(H,24,30). The van der Waals surface area contributed by atoms with Crippen molar-refractivity contribution < 1.29 is 22.8 Å². The molecular formula is C20H26F3N5O2. The first-order chi connectivity index (χ1) is 14.2. The lowest BCUT2D eigenvalue weighted by Gasteiger charge is -2.38. The van der Waals surface area contributed by atoms with Crippen LogP contribution < -0.4 is 10.2 Å². The van der Waals surface area contributed by atoms with Gasteiger partial charge in [-0.15, -0.1) is 0 Å². The summed E-state index contributed by atoms with van der Waals surface area (Å²) in [6.07, 6.45) is -3.16. The fourth-order valence-electron chi connectivity index (χ4n) is 4.37. The fraction of sp³-hybridized carbons (Fsp3) is 0.600. The molecule has 0 atom stereocenters. The average Bonchev–Trinajstić information content (AvgIpc) is 2.94. The zero-order valence-electron chi connectivity index (χ0n) is 16.9. The van der Waals surface area contributed by atoms with Crippen molar-refractivity contribution in [3.05, 3.63) is 29.8 Å². The minimum absolute atomic E-state index is 0.166. The van der Waals surface area contributed by atoms with Crippen LogP contribution in [0, 0.1) is 0 Å². The second kappa shape index (κ2) is 7.73. The Morgan fingerprint density at radius 3 is 2.33 bits per heavy atom. The van der Waals surface area contributed by atoms with E-state index in [0.717, 1.165) is 25.2 Å². The minimum Gasteiger partial charge on any atom is -0.369 e. The number of benzene rings is 1. The summed E-state index contributed by atoms with van der Waals surface area (Å²) < 4.78 is 38.9. The van der Waals surface area contributed by atoms with Gasteiger partial charge in [-0.3, -0.25) is 9.69 Å². The number of nitrogens with one attached hydrogen (secondary N) is 1. The van der Waals surface area contributed by atoms with E-state index >= 15 is 0 Å². The lowest BCUT2D eigenvalue weighted by Crippen LogP contribution is -2.55. The van der Waals surface area contributed by atoms with Gasteiger partial charge in [0.1, 0.15) is 5.54 Å². The molecule has 3 saturated heterocycles. The van der Waals surface area contributed by atoms with E-state index in [2.05, 4.69) is 10.2 Å². The Labute approximate surface area is 173 Å². The Bertz CT molecular complexity index is 815. The third-order valence-corrected chi connectivity index (χ3v) is 6.34. The van der Waals surface area contributed by atoms with Crippen molar-refractivity contribution in [1.29, 1.82) is 0 Å². The highest BCUT2D eigenvalue weighted by molar-refractivity contribution is 6.07. The van der Waals surface area contributed by atoms with Crippen LogP contribution in [-0.4, -0.2) is 85.2 Å². The predicted octanol–water partition coefficient (Wildman–Crippen LogP) is 1.80. The maximum absolute atomic E-state index is 13.0. The smallest absolute Gasteiger partial charge is 0.369 e. The summed E-state index contributed by atoms with van der Waals surface area (Å²) >= 11 is 0. The second-order valence-electron chi connectivity index (χ2n) is 8.34. The van der Waals surface area contributed by atoms with Gasteiger partial charge in [-0.25, -0.2) is 9.69 Å². The van der Waals surface area contributed by atoms with Gasteiger partial charge in [0, 0.05) is 45.0 Å². The van der Waals surface area contributed by atoms with Gasteiger partial charge in [-0.2, -0.15) is 13.2 Å². The number of nitrogens with zero attached hydrogens (tertiary/aromatic N) is 4. The third-order valence-electron chi connectivity index (χ3n) is 6.34. The number of amides is 3. The molecule has 0 bridgehead atoms. The van der Waals surface area contributed by atoms with E-state index in [9.17, 15) is 22.8 Å². The molecule has 1 aromatic rings. The van der Waals surface area contributed by atoms with Crippen molar-refractivity contribution in [3.63, 3.8) is 0 Å². The Hall–Kier alpha value is -2.33. The molecule has 0 aromatic heterocycles. The number of likely N-dealkylation sites (tertiary alicyclic amines) is 1. The molecular weight excluding hydrogens is 399 g/mol. The lowest BCUT2D eigenvalue weighted by atomic mass is 9.88. The summed E-state index contributed by atoms with van der Waals surface area (Å²) in [4.78, 5) is 32.8. The Morgan fingerprint density at radius 1 is 1.03 bits per heavy atom. The molecule has 4 rings (SSSR count). The molecule has 0 radical (unpaired) electrons. The molecule has 0 saturated carbocycles. The maximum Gasteiger partial charge on any atom is 0.416 e. The van der Waals surface area contributed by atoms with Gasteiger partial charge in [0.2, 0.25) is 0 Å². The van der Waals surface area contributed by atoms with Crippen LogP contribution in [0.2, 0.25) is 0 Å². The number of imide groups is 1. The Morgan fingerprint density at radius 2 is 1.70 bits per heavy atom. The summed E-state index contributed by atoms with van der Waals surface area (Å²) in [7, 11) is 2.00. The molecule has 10 heteroatoms. The number of hydrogen-bond donors (Lipinski definition) is 1. The normalized spacial score (nSPS) is 23.3. The van der Waals surface area contributed by atoms with Gasteiger partial charge < -0.3 is 15.1 Å². The number of hydrogen-bond acceptors (Lipinski definition) is 5. The molecule has 1 N–H and O–H groups in total. The van der Waals surface area contributed by atoms with Crippen LogP contribution in [0.1, 0.15) is 18.4 Å². The number of anilines is 1. The highest BCUT2D eigenvalue weighted by atomic mass is 19.4. The van der Waals surface area contributed by atoms with E-state index < -0.39 is 17.3 Å². The van der Waals surface area contributed by atoms with Gasteiger partial charge in [-0.05, 0) is 38.1 Å². The van der Waals surface area contributed by atoms with Crippen molar-refractivity contribution >= 4 is 17.6 Å². The highest BCUT2D eigenvalue weighted by Crippen LogP contribution is 2.32. The third kappa shape index (κ3) is 3.98. The second-order valence-corrected chi connectivity index (χ2v) is 8.34. The largest absolute Gasteiger partial charge is 0.416 e. The van der Waals surface area contributed by atoms with Crippen LogP contribution in [-0.2, 0) is 11.0 Å². The molecule has 3 amide bonds. The van der Waals surface area contributed by atoms with E-state index in [1.165, 1.54) is 11.0 Å². The highest BCUT2D eigenvalue weighted by Gasteiger charge is 2.52. The topological polar surface area (TPSA) is 59.1 Å². The van der Waals surface area contributed by atoms with Crippen molar-refractivity contribution in [2.45, 2.75) is 24.6 Å². The number of alkyl halides is 3. The SMILES string of the molecule is CN1CCC2(CC1)NC(=O)N(CN1CCN(c3cccc(C(F)(F)F)c3)CC1)C2=O. The summed E-state index contributed by atoms with van der Waals surface area (Å²) in [5, 5.41) is 2.90. The molecule has 0 aliphatic carbocycles. The van der Waals surface area contributed by atoms with E-state index in [-0.39, 0.29) is 18.6 Å². The minimum atomic E-state index is -4.37. The molecule has 7 nitrogen and oxygen atoms in total. The molecule has 164 valence electrons. The van der Waals surface area contributed by atoms with Crippen molar-refractivity contribution in [3.8, 4) is 0 Å². The Kier molecular flexibility index (Phi) is 5.39. The van der Waals surface area contributed by atoms with Crippen molar-refractivity contribution in [2.24, 2.45) is 0 Å². The molecule has 3 heterocycles. The van der Waals surface area contributed by atoms with Gasteiger partial charge in [0.25, 0.3) is 5.91 Å². The van der Waals surface area contributed by atoms with Crippen LogP contribution >= 0.6 is 0 Å². The molecule has 1 aromatic carbocycles. The maximum atomic E-state index is 13.0. The van der Waals surface area contributed by atoms with Crippen molar-refractivity contribution in [1.82, 2.24) is 20.0 Å². The van der Waals surface area contributed by atoms with Crippen molar-refractivity contribution in [2.75, 3.05) is 57.9 Å². The summed E-state index contributed by atoms with van der Waals surface area (Å²) in [6, 6.07) is 4.96. The van der Waals surface area contributed by atoms with Crippen LogP contribution in [0.25, 0.3) is 0 Å². The fourth-order valence-corrected chi connectivity index (χ4v) is 4.37. The first-order valence-electron chi connectivity index (χ1n) is 10.2. The van der Waals surface area contributed by atoms with E-state index in [1.54, 1.807) is 6.07 Å². The number of piperidine rings is 1. The van der Waals surface area contributed by atoms with Gasteiger partial charge in [-0.1, -0.05) is 6.07 Å². The number of rotatable bonds is 3. The summed E-state index contributed by atoms with van der Waals surface area (Å²) in [6.45, 7) is 3.90. The van der Waals surface area contributed by atoms with E-state index in [1.807, 2.05) is 16.8 Å². The van der Waals surface area contributed by atoms with E-state index in [4.69, 9.17) is 0 Å². The van der Waals surface area contributed by atoms with Crippen LogP contribution in [0.3, 0.4) is 0 Å². The molecule has 3 fully saturated rings. The average molecular weight is 425 g/mol.